The fraction of sp³-hybridized carbons (Fsp3) is 0.800. The Morgan fingerprint density at radius 1 is 1.26 bits per heavy atom. The third-order valence-electron chi connectivity index (χ3n) is 3.34. The highest BCUT2D eigenvalue weighted by Crippen LogP contribution is 2.08. The second-order valence-corrected chi connectivity index (χ2v) is 5.09. The number of hydrogen-bond acceptors (Lipinski definition) is 3. The maximum Gasteiger partial charge on any atom is 0.0638 e. The van der Waals surface area contributed by atoms with Gasteiger partial charge in [0.15, 0.2) is 0 Å². The minimum atomic E-state index is 0.755. The van der Waals surface area contributed by atoms with Gasteiger partial charge in [-0.05, 0) is 13.3 Å². The standard InChI is InChI=1S/C15H29N3O/c1-4-5-6-7-8-10-18-13-15(14(2)17-18)12-16-9-11-19-3/h13,16H,4-12H2,1-3H3. The van der Waals surface area contributed by atoms with Gasteiger partial charge in [-0.3, -0.25) is 4.68 Å². The average Bonchev–Trinajstić information content (AvgIpc) is 2.75. The Morgan fingerprint density at radius 3 is 2.79 bits per heavy atom. The molecule has 0 amide bonds. The molecule has 0 aromatic carbocycles. The van der Waals surface area contributed by atoms with Crippen molar-refractivity contribution in [3.63, 3.8) is 0 Å². The van der Waals surface area contributed by atoms with E-state index in [2.05, 4.69) is 35.1 Å². The van der Waals surface area contributed by atoms with Crippen molar-refractivity contribution in [1.82, 2.24) is 15.1 Å². The molecule has 0 radical (unpaired) electrons. The van der Waals surface area contributed by atoms with E-state index in [-0.39, 0.29) is 0 Å². The summed E-state index contributed by atoms with van der Waals surface area (Å²) in [5, 5.41) is 7.94. The van der Waals surface area contributed by atoms with Crippen LogP contribution in [-0.4, -0.2) is 30.0 Å². The summed E-state index contributed by atoms with van der Waals surface area (Å²) in [7, 11) is 1.73. The molecular formula is C15H29N3O. The number of aryl methyl sites for hydroxylation is 2. The first-order chi connectivity index (χ1) is 9.27. The molecule has 0 saturated heterocycles. The lowest BCUT2D eigenvalue weighted by Gasteiger charge is -2.02. The zero-order valence-electron chi connectivity index (χ0n) is 12.7. The molecule has 1 heterocycles. The van der Waals surface area contributed by atoms with Crippen molar-refractivity contribution in [1.29, 1.82) is 0 Å². The number of methoxy groups -OCH3 is 1. The fourth-order valence-electron chi connectivity index (χ4n) is 2.12. The normalized spacial score (nSPS) is 11.1. The van der Waals surface area contributed by atoms with Crippen molar-refractivity contribution >= 4 is 0 Å². The summed E-state index contributed by atoms with van der Waals surface area (Å²) in [6, 6.07) is 0. The van der Waals surface area contributed by atoms with Crippen LogP contribution in [0.25, 0.3) is 0 Å². The molecule has 0 atom stereocenters. The molecule has 4 nitrogen and oxygen atoms in total. The van der Waals surface area contributed by atoms with E-state index in [1.807, 2.05) is 0 Å². The molecule has 0 spiro atoms. The van der Waals surface area contributed by atoms with E-state index in [1.54, 1.807) is 7.11 Å². The molecule has 0 saturated carbocycles. The maximum absolute atomic E-state index is 5.02. The topological polar surface area (TPSA) is 39.1 Å². The Balaban J connectivity index is 2.24. The van der Waals surface area contributed by atoms with E-state index >= 15 is 0 Å². The molecular weight excluding hydrogens is 238 g/mol. The van der Waals surface area contributed by atoms with Crippen LogP contribution in [0, 0.1) is 6.92 Å². The summed E-state index contributed by atoms with van der Waals surface area (Å²) >= 11 is 0. The molecule has 1 aromatic rings. The quantitative estimate of drug-likeness (QED) is 0.627. The molecule has 0 unspecified atom stereocenters. The van der Waals surface area contributed by atoms with Gasteiger partial charge in [-0.1, -0.05) is 32.6 Å². The lowest BCUT2D eigenvalue weighted by Crippen LogP contribution is -2.18. The highest BCUT2D eigenvalue weighted by atomic mass is 16.5. The lowest BCUT2D eigenvalue weighted by molar-refractivity contribution is 0.199. The summed E-state index contributed by atoms with van der Waals surface area (Å²) in [5.41, 5.74) is 2.43. The monoisotopic (exact) mass is 267 g/mol. The second kappa shape index (κ2) is 9.98. The third kappa shape index (κ3) is 6.73. The van der Waals surface area contributed by atoms with Crippen LogP contribution in [0.5, 0.6) is 0 Å². The summed E-state index contributed by atoms with van der Waals surface area (Å²) in [6.45, 7) is 7.90. The van der Waals surface area contributed by atoms with Gasteiger partial charge in [0.1, 0.15) is 0 Å². The van der Waals surface area contributed by atoms with E-state index in [0.717, 1.165) is 31.9 Å². The summed E-state index contributed by atoms with van der Waals surface area (Å²) in [5.74, 6) is 0. The van der Waals surface area contributed by atoms with E-state index in [0.29, 0.717) is 0 Å². The number of rotatable bonds is 11. The van der Waals surface area contributed by atoms with Crippen molar-refractivity contribution in [2.24, 2.45) is 0 Å². The summed E-state index contributed by atoms with van der Waals surface area (Å²) < 4.78 is 7.11. The molecule has 0 aliphatic carbocycles. The van der Waals surface area contributed by atoms with Crippen molar-refractivity contribution < 1.29 is 4.74 Å². The number of hydrogen-bond donors (Lipinski definition) is 1. The first-order valence-corrected chi connectivity index (χ1v) is 7.50. The van der Waals surface area contributed by atoms with Crippen LogP contribution in [0.4, 0.5) is 0 Å². The Labute approximate surface area is 117 Å². The van der Waals surface area contributed by atoms with Crippen molar-refractivity contribution in [3.05, 3.63) is 17.5 Å². The summed E-state index contributed by atoms with van der Waals surface area (Å²) in [4.78, 5) is 0. The highest BCUT2D eigenvalue weighted by Gasteiger charge is 2.04. The molecule has 0 aliphatic heterocycles. The Hall–Kier alpha value is -0.870. The van der Waals surface area contributed by atoms with Gasteiger partial charge < -0.3 is 10.1 Å². The average molecular weight is 267 g/mol. The van der Waals surface area contributed by atoms with Crippen LogP contribution in [0.2, 0.25) is 0 Å². The number of nitrogens with zero attached hydrogens (tertiary/aromatic N) is 2. The predicted molar refractivity (Wildman–Crippen MR) is 79.3 cm³/mol. The number of aromatic nitrogens is 2. The zero-order chi connectivity index (χ0) is 13.9. The van der Waals surface area contributed by atoms with Gasteiger partial charge in [-0.15, -0.1) is 0 Å². The molecule has 1 aromatic heterocycles. The van der Waals surface area contributed by atoms with Crippen LogP contribution in [-0.2, 0) is 17.8 Å². The Kier molecular flexibility index (Phi) is 8.50. The van der Waals surface area contributed by atoms with Crippen molar-refractivity contribution in [3.8, 4) is 0 Å². The highest BCUT2D eigenvalue weighted by molar-refractivity contribution is 5.14. The number of unbranched alkanes of at least 4 members (excludes halogenated alkanes) is 4. The molecule has 1 N–H and O–H groups in total. The minimum Gasteiger partial charge on any atom is -0.383 e. The van der Waals surface area contributed by atoms with Gasteiger partial charge in [0.05, 0.1) is 12.3 Å². The SMILES string of the molecule is CCCCCCCn1cc(CNCCOC)c(C)n1. The fourth-order valence-corrected chi connectivity index (χ4v) is 2.12. The van der Waals surface area contributed by atoms with Gasteiger partial charge in [-0.25, -0.2) is 0 Å². The number of ether oxygens (including phenoxy) is 1. The first-order valence-electron chi connectivity index (χ1n) is 7.50. The lowest BCUT2D eigenvalue weighted by atomic mass is 10.1. The molecule has 0 aliphatic rings. The molecule has 0 fully saturated rings. The largest absolute Gasteiger partial charge is 0.383 e. The zero-order valence-corrected chi connectivity index (χ0v) is 12.7. The Bertz CT molecular complexity index is 336. The van der Waals surface area contributed by atoms with E-state index in [4.69, 9.17) is 4.74 Å². The number of nitrogens with one attached hydrogen (secondary N) is 1. The van der Waals surface area contributed by atoms with Crippen LogP contribution in [0.1, 0.15) is 50.3 Å². The van der Waals surface area contributed by atoms with Gasteiger partial charge in [0.2, 0.25) is 0 Å². The summed E-state index contributed by atoms with van der Waals surface area (Å²) in [6.07, 6.45) is 8.73. The van der Waals surface area contributed by atoms with Crippen LogP contribution in [0.3, 0.4) is 0 Å². The Morgan fingerprint density at radius 2 is 2.05 bits per heavy atom. The molecule has 110 valence electrons. The van der Waals surface area contributed by atoms with Crippen LogP contribution in [0.15, 0.2) is 6.20 Å². The van der Waals surface area contributed by atoms with E-state index in [1.165, 1.54) is 37.7 Å². The first kappa shape index (κ1) is 16.2. The predicted octanol–water partition coefficient (Wildman–Crippen LogP) is 2.90. The maximum atomic E-state index is 5.02. The van der Waals surface area contributed by atoms with Gasteiger partial charge >= 0.3 is 0 Å². The van der Waals surface area contributed by atoms with E-state index < -0.39 is 0 Å². The van der Waals surface area contributed by atoms with Gasteiger partial charge in [0, 0.05) is 38.5 Å². The third-order valence-corrected chi connectivity index (χ3v) is 3.34. The van der Waals surface area contributed by atoms with Gasteiger partial charge in [-0.2, -0.15) is 5.10 Å². The van der Waals surface area contributed by atoms with Crippen molar-refractivity contribution in [2.45, 2.75) is 59.0 Å². The minimum absolute atomic E-state index is 0.755. The second-order valence-electron chi connectivity index (χ2n) is 5.09. The van der Waals surface area contributed by atoms with Crippen molar-refractivity contribution in [2.75, 3.05) is 20.3 Å². The molecule has 4 heteroatoms. The molecule has 1 rings (SSSR count). The van der Waals surface area contributed by atoms with Gasteiger partial charge in [0.25, 0.3) is 0 Å². The van der Waals surface area contributed by atoms with Crippen LogP contribution < -0.4 is 5.32 Å². The molecule has 0 bridgehead atoms. The van der Waals surface area contributed by atoms with E-state index in [9.17, 15) is 0 Å². The smallest absolute Gasteiger partial charge is 0.0638 e. The van der Waals surface area contributed by atoms with Crippen LogP contribution >= 0.6 is 0 Å². The molecule has 19 heavy (non-hydrogen) atoms.